The van der Waals surface area contributed by atoms with Crippen molar-refractivity contribution in [2.45, 2.75) is 13.3 Å². The summed E-state index contributed by atoms with van der Waals surface area (Å²) in [6.45, 7) is 1.65. The molecule has 0 aliphatic carbocycles. The van der Waals surface area contributed by atoms with E-state index in [2.05, 4.69) is 5.32 Å². The third kappa shape index (κ3) is 4.97. The van der Waals surface area contributed by atoms with E-state index in [1.165, 1.54) is 7.11 Å². The number of hydrogen-bond donors (Lipinski definition) is 1. The van der Waals surface area contributed by atoms with Gasteiger partial charge in [0.15, 0.2) is 6.61 Å². The second-order valence-corrected chi connectivity index (χ2v) is 5.24. The van der Waals surface area contributed by atoms with Crippen molar-refractivity contribution in [3.8, 4) is 11.5 Å². The SMILES string of the molecule is CCc1ccc(C(=O)OCC(=O)Nc2ccc(OC)cc2OC)cc1. The fraction of sp³-hybridized carbons (Fsp3) is 0.263. The summed E-state index contributed by atoms with van der Waals surface area (Å²) in [5, 5.41) is 2.64. The summed E-state index contributed by atoms with van der Waals surface area (Å²) in [5.41, 5.74) is 2.00. The molecule has 0 aromatic heterocycles. The molecule has 6 nitrogen and oxygen atoms in total. The first-order valence-corrected chi connectivity index (χ1v) is 7.85. The van der Waals surface area contributed by atoms with Gasteiger partial charge in [0.05, 0.1) is 25.5 Å². The number of methoxy groups -OCH3 is 2. The lowest BCUT2D eigenvalue weighted by Crippen LogP contribution is -2.21. The zero-order valence-electron chi connectivity index (χ0n) is 14.5. The molecule has 2 aromatic rings. The maximum Gasteiger partial charge on any atom is 0.338 e. The van der Waals surface area contributed by atoms with Crippen LogP contribution in [0.2, 0.25) is 0 Å². The number of benzene rings is 2. The van der Waals surface area contributed by atoms with Crippen LogP contribution in [0.25, 0.3) is 0 Å². The molecule has 1 N–H and O–H groups in total. The van der Waals surface area contributed by atoms with Gasteiger partial charge in [0.2, 0.25) is 0 Å². The van der Waals surface area contributed by atoms with Gasteiger partial charge in [0.1, 0.15) is 11.5 Å². The van der Waals surface area contributed by atoms with Crippen molar-refractivity contribution in [2.75, 3.05) is 26.1 Å². The molecule has 25 heavy (non-hydrogen) atoms. The van der Waals surface area contributed by atoms with Crippen molar-refractivity contribution in [1.82, 2.24) is 0 Å². The van der Waals surface area contributed by atoms with E-state index in [4.69, 9.17) is 14.2 Å². The largest absolute Gasteiger partial charge is 0.497 e. The molecule has 0 atom stereocenters. The molecule has 0 radical (unpaired) electrons. The minimum atomic E-state index is -0.542. The second kappa shape index (κ2) is 8.73. The smallest absolute Gasteiger partial charge is 0.338 e. The van der Waals surface area contributed by atoms with Gasteiger partial charge in [-0.3, -0.25) is 4.79 Å². The predicted octanol–water partition coefficient (Wildman–Crippen LogP) is 3.06. The van der Waals surface area contributed by atoms with Crippen molar-refractivity contribution in [2.24, 2.45) is 0 Å². The molecular weight excluding hydrogens is 322 g/mol. The molecule has 0 spiro atoms. The highest BCUT2D eigenvalue weighted by Crippen LogP contribution is 2.28. The van der Waals surface area contributed by atoms with Gasteiger partial charge in [0, 0.05) is 6.07 Å². The third-order valence-corrected chi connectivity index (χ3v) is 3.62. The van der Waals surface area contributed by atoms with Crippen LogP contribution in [0.4, 0.5) is 5.69 Å². The van der Waals surface area contributed by atoms with Crippen molar-refractivity contribution in [3.05, 3.63) is 53.6 Å². The Balaban J connectivity index is 1.92. The first-order valence-electron chi connectivity index (χ1n) is 7.85. The Labute approximate surface area is 146 Å². The number of hydrogen-bond acceptors (Lipinski definition) is 5. The van der Waals surface area contributed by atoms with Crippen molar-refractivity contribution in [3.63, 3.8) is 0 Å². The number of ether oxygens (including phenoxy) is 3. The van der Waals surface area contributed by atoms with Crippen molar-refractivity contribution in [1.29, 1.82) is 0 Å². The Morgan fingerprint density at radius 3 is 2.32 bits per heavy atom. The lowest BCUT2D eigenvalue weighted by molar-refractivity contribution is -0.119. The molecule has 0 aliphatic rings. The highest BCUT2D eigenvalue weighted by molar-refractivity contribution is 5.96. The van der Waals surface area contributed by atoms with Crippen LogP contribution in [0.3, 0.4) is 0 Å². The summed E-state index contributed by atoms with van der Waals surface area (Å²) in [7, 11) is 3.03. The van der Waals surface area contributed by atoms with Crippen molar-refractivity contribution < 1.29 is 23.8 Å². The van der Waals surface area contributed by atoms with Crippen LogP contribution in [0.5, 0.6) is 11.5 Å². The molecular formula is C19H21NO5. The number of carbonyl (C=O) groups is 2. The maximum atomic E-state index is 12.0. The number of carbonyl (C=O) groups excluding carboxylic acids is 2. The molecule has 0 saturated carbocycles. The Kier molecular flexibility index (Phi) is 6.39. The average molecular weight is 343 g/mol. The predicted molar refractivity (Wildman–Crippen MR) is 94.3 cm³/mol. The number of nitrogens with one attached hydrogen (secondary N) is 1. The molecule has 1 amide bonds. The van der Waals surface area contributed by atoms with E-state index >= 15 is 0 Å². The standard InChI is InChI=1S/C19H21NO5/c1-4-13-5-7-14(8-6-13)19(22)25-12-18(21)20-16-10-9-15(23-2)11-17(16)24-3/h5-11H,4,12H2,1-3H3,(H,20,21). The molecule has 2 aromatic carbocycles. The summed E-state index contributed by atoms with van der Waals surface area (Å²) in [4.78, 5) is 24.0. The van der Waals surface area contributed by atoms with Crippen LogP contribution >= 0.6 is 0 Å². The van der Waals surface area contributed by atoms with E-state index in [-0.39, 0.29) is 6.61 Å². The Hall–Kier alpha value is -3.02. The van der Waals surface area contributed by atoms with Gasteiger partial charge in [-0.2, -0.15) is 0 Å². The molecule has 0 fully saturated rings. The van der Waals surface area contributed by atoms with E-state index < -0.39 is 11.9 Å². The van der Waals surface area contributed by atoms with Gasteiger partial charge in [0.25, 0.3) is 5.91 Å². The zero-order chi connectivity index (χ0) is 18.2. The fourth-order valence-corrected chi connectivity index (χ4v) is 2.18. The van der Waals surface area contributed by atoms with Gasteiger partial charge < -0.3 is 19.5 Å². The van der Waals surface area contributed by atoms with Crippen LogP contribution in [0.15, 0.2) is 42.5 Å². The molecule has 0 unspecified atom stereocenters. The summed E-state index contributed by atoms with van der Waals surface area (Å²) in [6, 6.07) is 12.1. The molecule has 0 saturated heterocycles. The summed E-state index contributed by atoms with van der Waals surface area (Å²) in [6.07, 6.45) is 0.890. The quantitative estimate of drug-likeness (QED) is 0.782. The van der Waals surface area contributed by atoms with Crippen LogP contribution in [-0.4, -0.2) is 32.7 Å². The third-order valence-electron chi connectivity index (χ3n) is 3.62. The number of rotatable bonds is 7. The summed E-state index contributed by atoms with van der Waals surface area (Å²) in [5.74, 6) is 0.0625. The number of esters is 1. The maximum absolute atomic E-state index is 12.0. The second-order valence-electron chi connectivity index (χ2n) is 5.24. The van der Waals surface area contributed by atoms with E-state index in [9.17, 15) is 9.59 Å². The first-order chi connectivity index (χ1) is 12.1. The van der Waals surface area contributed by atoms with E-state index in [1.54, 1.807) is 37.4 Å². The van der Waals surface area contributed by atoms with E-state index in [0.717, 1.165) is 12.0 Å². The van der Waals surface area contributed by atoms with Gasteiger partial charge >= 0.3 is 5.97 Å². The van der Waals surface area contributed by atoms with Crippen LogP contribution < -0.4 is 14.8 Å². The van der Waals surface area contributed by atoms with E-state index in [0.29, 0.717) is 22.7 Å². The van der Waals surface area contributed by atoms with Crippen molar-refractivity contribution >= 4 is 17.6 Å². The molecule has 0 heterocycles. The monoisotopic (exact) mass is 343 g/mol. The molecule has 0 aliphatic heterocycles. The lowest BCUT2D eigenvalue weighted by Gasteiger charge is -2.12. The Bertz CT molecular complexity index is 740. The normalized spacial score (nSPS) is 10.0. The zero-order valence-corrected chi connectivity index (χ0v) is 14.5. The fourth-order valence-electron chi connectivity index (χ4n) is 2.18. The van der Waals surface area contributed by atoms with Gasteiger partial charge in [-0.15, -0.1) is 0 Å². The number of amides is 1. The topological polar surface area (TPSA) is 73.9 Å². The first kappa shape index (κ1) is 18.3. The lowest BCUT2D eigenvalue weighted by atomic mass is 10.1. The van der Waals surface area contributed by atoms with Gasteiger partial charge in [-0.25, -0.2) is 4.79 Å². The van der Waals surface area contributed by atoms with Crippen LogP contribution in [0, 0.1) is 0 Å². The van der Waals surface area contributed by atoms with Crippen LogP contribution in [-0.2, 0) is 16.0 Å². The Morgan fingerprint density at radius 1 is 1.00 bits per heavy atom. The molecule has 132 valence electrons. The van der Waals surface area contributed by atoms with Crippen LogP contribution in [0.1, 0.15) is 22.8 Å². The van der Waals surface area contributed by atoms with Gasteiger partial charge in [-0.05, 0) is 36.2 Å². The number of aryl methyl sites for hydroxylation is 1. The minimum absolute atomic E-state index is 0.385. The van der Waals surface area contributed by atoms with Gasteiger partial charge in [-0.1, -0.05) is 19.1 Å². The molecule has 2 rings (SSSR count). The molecule has 0 bridgehead atoms. The minimum Gasteiger partial charge on any atom is -0.497 e. The highest BCUT2D eigenvalue weighted by atomic mass is 16.5. The molecule has 6 heteroatoms. The number of anilines is 1. The van der Waals surface area contributed by atoms with E-state index in [1.807, 2.05) is 19.1 Å². The summed E-state index contributed by atoms with van der Waals surface area (Å²) >= 11 is 0. The Morgan fingerprint density at radius 2 is 1.72 bits per heavy atom. The average Bonchev–Trinajstić information content (AvgIpc) is 2.66. The highest BCUT2D eigenvalue weighted by Gasteiger charge is 2.12. The summed E-state index contributed by atoms with van der Waals surface area (Å²) < 4.78 is 15.3.